The van der Waals surface area contributed by atoms with Crippen molar-refractivity contribution in [1.29, 1.82) is 10.5 Å². The highest BCUT2D eigenvalue weighted by Gasteiger charge is 2.37. The molecule has 1 atom stereocenters. The summed E-state index contributed by atoms with van der Waals surface area (Å²) in [5, 5.41) is 26.5. The van der Waals surface area contributed by atoms with Gasteiger partial charge in [0.15, 0.2) is 0 Å². The monoisotopic (exact) mass is 482 g/mol. The maximum atomic E-state index is 13.4. The fraction of sp³-hybridized carbons (Fsp3) is 0.250. The Bertz CT molecular complexity index is 1370. The first kappa shape index (κ1) is 24.3. The van der Waals surface area contributed by atoms with Crippen LogP contribution in [0.5, 0.6) is 5.75 Å². The summed E-state index contributed by atoms with van der Waals surface area (Å²) < 4.78 is 82.1. The van der Waals surface area contributed by atoms with Crippen LogP contribution in [0.4, 0.5) is 26.3 Å². The fourth-order valence-electron chi connectivity index (χ4n) is 3.27. The Hall–Kier alpha value is -4.33. The van der Waals surface area contributed by atoms with Gasteiger partial charge in [0, 0.05) is 5.56 Å². The van der Waals surface area contributed by atoms with Crippen molar-refractivity contribution in [1.82, 2.24) is 15.0 Å². The van der Waals surface area contributed by atoms with Gasteiger partial charge in [-0.1, -0.05) is 0 Å². The lowest BCUT2D eigenvalue weighted by molar-refractivity contribution is -0.274. The molecule has 0 aliphatic rings. The largest absolute Gasteiger partial charge is 0.573 e. The first-order valence-corrected chi connectivity index (χ1v) is 9.14. The van der Waals surface area contributed by atoms with Crippen molar-refractivity contribution in [3.05, 3.63) is 52.6 Å². The molecule has 1 aromatic heterocycles. The van der Waals surface area contributed by atoms with Crippen molar-refractivity contribution in [3.63, 3.8) is 0 Å². The SMILES string of the molecule is CC(C#N)(Cn1nc2cc(C#N)cc(C(F)(F)F)c2n1)c1cc(OC(F)(F)F)ccc1C(N)=O. The molecule has 2 aromatic carbocycles. The third kappa shape index (κ3) is 4.85. The molecule has 0 aliphatic heterocycles. The van der Waals surface area contributed by atoms with E-state index in [1.54, 1.807) is 6.07 Å². The Morgan fingerprint density at radius 3 is 2.29 bits per heavy atom. The molecule has 0 saturated carbocycles. The van der Waals surface area contributed by atoms with Crippen molar-refractivity contribution in [2.45, 2.75) is 31.4 Å². The number of nitrogens with two attached hydrogens (primary N) is 1. The van der Waals surface area contributed by atoms with E-state index in [1.807, 2.05) is 6.07 Å². The number of alkyl halides is 6. The van der Waals surface area contributed by atoms with Crippen molar-refractivity contribution in [2.24, 2.45) is 5.73 Å². The third-order valence-electron chi connectivity index (χ3n) is 4.75. The summed E-state index contributed by atoms with van der Waals surface area (Å²) in [5.41, 5.74) is 0.416. The van der Waals surface area contributed by atoms with Gasteiger partial charge in [-0.05, 0) is 42.8 Å². The molecule has 1 unspecified atom stereocenters. The first-order chi connectivity index (χ1) is 15.7. The number of nitriles is 2. The number of rotatable bonds is 5. The molecule has 0 saturated heterocycles. The zero-order chi connectivity index (χ0) is 25.5. The Morgan fingerprint density at radius 2 is 1.76 bits per heavy atom. The molecule has 1 amide bonds. The second-order valence-electron chi connectivity index (χ2n) is 7.29. The molecule has 0 radical (unpaired) electrons. The van der Waals surface area contributed by atoms with Gasteiger partial charge in [0.05, 0.1) is 29.8 Å². The van der Waals surface area contributed by atoms with Gasteiger partial charge in [-0.3, -0.25) is 4.79 Å². The molecule has 2 N–H and O–H groups in total. The van der Waals surface area contributed by atoms with Crippen LogP contribution in [0.1, 0.15) is 34.0 Å². The number of carbonyl (C=O) groups is 1. The number of nitrogens with zero attached hydrogens (tertiary/aromatic N) is 5. The van der Waals surface area contributed by atoms with Crippen LogP contribution in [-0.4, -0.2) is 27.3 Å². The van der Waals surface area contributed by atoms with Crippen LogP contribution in [0.25, 0.3) is 11.0 Å². The lowest BCUT2D eigenvalue weighted by Gasteiger charge is -2.24. The van der Waals surface area contributed by atoms with Gasteiger partial charge in [-0.25, -0.2) is 0 Å². The number of hydrogen-bond donors (Lipinski definition) is 1. The zero-order valence-electron chi connectivity index (χ0n) is 17.0. The van der Waals surface area contributed by atoms with Crippen LogP contribution < -0.4 is 10.5 Å². The minimum absolute atomic E-state index is 0.278. The number of primary amides is 1. The number of hydrogen-bond acceptors (Lipinski definition) is 6. The summed E-state index contributed by atoms with van der Waals surface area (Å²) in [6.07, 6.45) is -9.94. The number of aromatic nitrogens is 3. The Labute approximate surface area is 186 Å². The van der Waals surface area contributed by atoms with Gasteiger partial charge in [0.1, 0.15) is 22.2 Å². The van der Waals surface area contributed by atoms with E-state index in [2.05, 4.69) is 14.9 Å². The minimum Gasteiger partial charge on any atom is -0.406 e. The highest BCUT2D eigenvalue weighted by Crippen LogP contribution is 2.36. The molecule has 176 valence electrons. The molecule has 34 heavy (non-hydrogen) atoms. The summed E-state index contributed by atoms with van der Waals surface area (Å²) in [7, 11) is 0. The molecule has 3 rings (SSSR count). The molecule has 8 nitrogen and oxygen atoms in total. The zero-order valence-corrected chi connectivity index (χ0v) is 17.0. The van der Waals surface area contributed by atoms with E-state index >= 15 is 0 Å². The first-order valence-electron chi connectivity index (χ1n) is 9.14. The smallest absolute Gasteiger partial charge is 0.406 e. The van der Waals surface area contributed by atoms with E-state index in [4.69, 9.17) is 11.0 Å². The number of halogens is 6. The normalized spacial score (nSPS) is 13.7. The van der Waals surface area contributed by atoms with Gasteiger partial charge in [0.2, 0.25) is 5.91 Å². The van der Waals surface area contributed by atoms with Crippen molar-refractivity contribution >= 4 is 16.9 Å². The van der Waals surface area contributed by atoms with Crippen LogP contribution >= 0.6 is 0 Å². The molecular formula is C20H12F6N6O2. The van der Waals surface area contributed by atoms with Crippen LogP contribution in [0, 0.1) is 22.7 Å². The van der Waals surface area contributed by atoms with E-state index < -0.39 is 47.2 Å². The summed E-state index contributed by atoms with van der Waals surface area (Å²) in [4.78, 5) is 12.6. The van der Waals surface area contributed by atoms with Gasteiger partial charge in [0.25, 0.3) is 0 Å². The molecule has 0 spiro atoms. The Kier molecular flexibility index (Phi) is 5.88. The van der Waals surface area contributed by atoms with E-state index in [1.165, 1.54) is 6.92 Å². The maximum absolute atomic E-state index is 13.4. The molecular weight excluding hydrogens is 470 g/mol. The number of ether oxygens (including phenoxy) is 1. The Morgan fingerprint density at radius 1 is 1.09 bits per heavy atom. The van der Waals surface area contributed by atoms with Crippen LogP contribution in [0.2, 0.25) is 0 Å². The van der Waals surface area contributed by atoms with Crippen molar-refractivity contribution in [2.75, 3.05) is 0 Å². The lowest BCUT2D eigenvalue weighted by Crippen LogP contribution is -2.31. The molecule has 1 heterocycles. The molecule has 0 fully saturated rings. The lowest BCUT2D eigenvalue weighted by atomic mass is 9.81. The predicted octanol–water partition coefficient (Wildman–Crippen LogP) is 3.80. The van der Waals surface area contributed by atoms with Gasteiger partial charge in [-0.15, -0.1) is 13.2 Å². The summed E-state index contributed by atoms with van der Waals surface area (Å²) in [6.45, 7) is 0.638. The topological polar surface area (TPSA) is 131 Å². The fourth-order valence-corrected chi connectivity index (χ4v) is 3.27. The predicted molar refractivity (Wildman–Crippen MR) is 102 cm³/mol. The van der Waals surface area contributed by atoms with Gasteiger partial charge >= 0.3 is 12.5 Å². The average molecular weight is 482 g/mol. The molecule has 3 aromatic rings. The van der Waals surface area contributed by atoms with Gasteiger partial charge in [-0.2, -0.15) is 38.7 Å². The number of carbonyl (C=O) groups excluding carboxylic acids is 1. The number of amides is 1. The standard InChI is InChI=1S/C20H12F6N6O2/c1-18(8-28,13-6-11(34-20(24,25)26)2-3-12(13)17(29)33)9-32-30-15-5-10(7-27)4-14(16(15)31-32)19(21,22)23/h2-6H,9H2,1H3,(H2,29,33). The maximum Gasteiger partial charge on any atom is 0.573 e. The second-order valence-corrected chi connectivity index (χ2v) is 7.29. The van der Waals surface area contributed by atoms with E-state index in [-0.39, 0.29) is 22.2 Å². The van der Waals surface area contributed by atoms with Crippen molar-refractivity contribution < 1.29 is 35.9 Å². The third-order valence-corrected chi connectivity index (χ3v) is 4.75. The van der Waals surface area contributed by atoms with E-state index in [0.717, 1.165) is 29.1 Å². The van der Waals surface area contributed by atoms with E-state index in [9.17, 15) is 36.4 Å². The van der Waals surface area contributed by atoms with Crippen LogP contribution in [-0.2, 0) is 18.1 Å². The molecule has 0 aliphatic carbocycles. The minimum atomic E-state index is -5.07. The van der Waals surface area contributed by atoms with Crippen molar-refractivity contribution in [3.8, 4) is 17.9 Å². The second kappa shape index (κ2) is 8.22. The van der Waals surface area contributed by atoms with Crippen LogP contribution in [0.3, 0.4) is 0 Å². The summed E-state index contributed by atoms with van der Waals surface area (Å²) in [5.74, 6) is -1.81. The van der Waals surface area contributed by atoms with Crippen LogP contribution in [0.15, 0.2) is 30.3 Å². The Balaban J connectivity index is 2.14. The summed E-state index contributed by atoms with van der Waals surface area (Å²) in [6, 6.07) is 7.60. The quantitative estimate of drug-likeness (QED) is 0.551. The molecule has 0 bridgehead atoms. The summed E-state index contributed by atoms with van der Waals surface area (Å²) >= 11 is 0. The highest BCUT2D eigenvalue weighted by atomic mass is 19.4. The van der Waals surface area contributed by atoms with E-state index in [0.29, 0.717) is 6.07 Å². The average Bonchev–Trinajstić information content (AvgIpc) is 3.12. The number of benzene rings is 2. The van der Waals surface area contributed by atoms with Gasteiger partial charge < -0.3 is 10.5 Å². The molecule has 14 heteroatoms. The highest BCUT2D eigenvalue weighted by molar-refractivity contribution is 5.95. The number of fused-ring (bicyclic) bond motifs is 1.